The minimum Gasteiger partial charge on any atom is -0.497 e. The van der Waals surface area contributed by atoms with Crippen LogP contribution in [-0.4, -0.2) is 54.3 Å². The molecule has 1 aromatic carbocycles. The molecular formula is C19H18N8O3. The molecule has 0 aliphatic rings. The number of hydrogen-bond donors (Lipinski definition) is 2. The van der Waals surface area contributed by atoms with Crippen molar-refractivity contribution < 1.29 is 9.53 Å². The Morgan fingerprint density at radius 1 is 1.23 bits per heavy atom. The number of hydrogen-bond acceptors (Lipinski definition) is 7. The van der Waals surface area contributed by atoms with Crippen molar-refractivity contribution in [2.45, 2.75) is 6.54 Å². The summed E-state index contributed by atoms with van der Waals surface area (Å²) in [6, 6.07) is 12.0. The zero-order valence-electron chi connectivity index (χ0n) is 16.0. The van der Waals surface area contributed by atoms with Gasteiger partial charge in [0.05, 0.1) is 19.3 Å². The normalized spacial score (nSPS) is 10.7. The molecule has 0 saturated heterocycles. The van der Waals surface area contributed by atoms with Gasteiger partial charge in [-0.3, -0.25) is 14.7 Å². The van der Waals surface area contributed by atoms with Crippen molar-refractivity contribution in [3.05, 3.63) is 71.2 Å². The van der Waals surface area contributed by atoms with Crippen LogP contribution in [0.25, 0.3) is 17.1 Å². The summed E-state index contributed by atoms with van der Waals surface area (Å²) in [6.07, 6.45) is 2.86. The number of rotatable bonds is 7. The van der Waals surface area contributed by atoms with E-state index in [4.69, 9.17) is 4.74 Å². The Labute approximate surface area is 170 Å². The summed E-state index contributed by atoms with van der Waals surface area (Å²) in [6.45, 7) is 0.407. The Balaban J connectivity index is 1.39. The number of methoxy groups -OCH3 is 1. The average Bonchev–Trinajstić information content (AvgIpc) is 3.47. The maximum atomic E-state index is 12.4. The van der Waals surface area contributed by atoms with Crippen molar-refractivity contribution in [1.29, 1.82) is 0 Å². The van der Waals surface area contributed by atoms with E-state index in [2.05, 4.69) is 30.7 Å². The zero-order chi connectivity index (χ0) is 20.9. The summed E-state index contributed by atoms with van der Waals surface area (Å²) in [5.41, 5.74) is 1.47. The van der Waals surface area contributed by atoms with Crippen LogP contribution in [0.5, 0.6) is 5.75 Å². The second-order valence-electron chi connectivity index (χ2n) is 6.25. The number of aromatic nitrogens is 7. The third-order valence-corrected chi connectivity index (χ3v) is 4.30. The first-order chi connectivity index (χ1) is 14.6. The van der Waals surface area contributed by atoms with Gasteiger partial charge < -0.3 is 10.1 Å². The Morgan fingerprint density at radius 2 is 2.13 bits per heavy atom. The maximum absolute atomic E-state index is 12.4. The van der Waals surface area contributed by atoms with Gasteiger partial charge >= 0.3 is 0 Å². The highest BCUT2D eigenvalue weighted by atomic mass is 16.5. The van der Waals surface area contributed by atoms with Gasteiger partial charge in [0.2, 0.25) is 0 Å². The van der Waals surface area contributed by atoms with E-state index >= 15 is 0 Å². The van der Waals surface area contributed by atoms with Gasteiger partial charge in [-0.1, -0.05) is 12.1 Å². The molecule has 0 unspecified atom stereocenters. The third kappa shape index (κ3) is 4.09. The highest BCUT2D eigenvalue weighted by molar-refractivity contribution is 5.93. The molecule has 4 rings (SSSR count). The van der Waals surface area contributed by atoms with Crippen molar-refractivity contribution in [3.63, 3.8) is 0 Å². The first kappa shape index (κ1) is 19.1. The number of carbonyl (C=O) groups is 1. The van der Waals surface area contributed by atoms with Gasteiger partial charge in [0.15, 0.2) is 5.82 Å². The zero-order valence-corrected chi connectivity index (χ0v) is 16.0. The molecule has 0 saturated carbocycles. The van der Waals surface area contributed by atoms with Crippen LogP contribution in [0.4, 0.5) is 0 Å². The summed E-state index contributed by atoms with van der Waals surface area (Å²) in [5, 5.41) is 17.9. The topological polar surface area (TPSA) is 133 Å². The number of carbonyl (C=O) groups excluding carboxylic acids is 1. The molecule has 0 atom stereocenters. The number of H-pyrrole nitrogens is 1. The van der Waals surface area contributed by atoms with Gasteiger partial charge in [-0.05, 0) is 24.3 Å². The second-order valence-corrected chi connectivity index (χ2v) is 6.25. The maximum Gasteiger partial charge on any atom is 0.269 e. The molecule has 30 heavy (non-hydrogen) atoms. The van der Waals surface area contributed by atoms with Crippen LogP contribution in [0.3, 0.4) is 0 Å². The van der Waals surface area contributed by atoms with Crippen molar-refractivity contribution in [2.24, 2.45) is 0 Å². The van der Waals surface area contributed by atoms with Gasteiger partial charge in [-0.25, -0.2) is 14.3 Å². The molecule has 4 aromatic rings. The van der Waals surface area contributed by atoms with E-state index in [0.717, 1.165) is 5.56 Å². The summed E-state index contributed by atoms with van der Waals surface area (Å²) in [5.74, 6) is 0.819. The SMILES string of the molecule is COc1cccc(-c2cc(C(=O)NCCn3nc(-n4cncn4)ccc3=O)[nH]n2)c1. The lowest BCUT2D eigenvalue weighted by molar-refractivity contribution is 0.0946. The highest BCUT2D eigenvalue weighted by Crippen LogP contribution is 2.22. The minimum atomic E-state index is -0.336. The van der Waals surface area contributed by atoms with E-state index in [1.165, 1.54) is 28.1 Å². The predicted octanol–water partition coefficient (Wildman–Crippen LogP) is 0.653. The molecular weight excluding hydrogens is 388 g/mol. The number of benzene rings is 1. The average molecular weight is 406 g/mol. The molecule has 0 fully saturated rings. The number of aromatic amines is 1. The van der Waals surface area contributed by atoms with E-state index in [1.54, 1.807) is 19.2 Å². The first-order valence-corrected chi connectivity index (χ1v) is 9.05. The highest BCUT2D eigenvalue weighted by Gasteiger charge is 2.12. The Morgan fingerprint density at radius 3 is 2.93 bits per heavy atom. The number of amides is 1. The molecule has 3 aromatic heterocycles. The number of nitrogens with one attached hydrogen (secondary N) is 2. The van der Waals surface area contributed by atoms with Gasteiger partial charge in [-0.2, -0.15) is 10.2 Å². The fraction of sp³-hybridized carbons (Fsp3) is 0.158. The summed E-state index contributed by atoms with van der Waals surface area (Å²) < 4.78 is 7.91. The van der Waals surface area contributed by atoms with Crippen LogP contribution in [-0.2, 0) is 6.54 Å². The van der Waals surface area contributed by atoms with Gasteiger partial charge in [-0.15, -0.1) is 5.10 Å². The van der Waals surface area contributed by atoms with Gasteiger partial charge in [0.1, 0.15) is 24.1 Å². The monoisotopic (exact) mass is 406 g/mol. The van der Waals surface area contributed by atoms with Crippen LogP contribution in [0, 0.1) is 0 Å². The molecule has 0 spiro atoms. The molecule has 0 bridgehead atoms. The van der Waals surface area contributed by atoms with Crippen molar-refractivity contribution in [1.82, 2.24) is 40.1 Å². The molecule has 0 aliphatic heterocycles. The van der Waals surface area contributed by atoms with Gasteiger partial charge in [0.25, 0.3) is 11.5 Å². The Hall–Kier alpha value is -4.28. The van der Waals surface area contributed by atoms with Crippen LogP contribution in [0.2, 0.25) is 0 Å². The van der Waals surface area contributed by atoms with Crippen molar-refractivity contribution >= 4 is 5.91 Å². The number of nitrogens with zero attached hydrogens (tertiary/aromatic N) is 6. The van der Waals surface area contributed by atoms with E-state index in [0.29, 0.717) is 23.0 Å². The molecule has 11 nitrogen and oxygen atoms in total. The van der Waals surface area contributed by atoms with E-state index in [-0.39, 0.29) is 24.6 Å². The second kappa shape index (κ2) is 8.39. The Bertz CT molecular complexity index is 1210. The smallest absolute Gasteiger partial charge is 0.269 e. The van der Waals surface area contributed by atoms with Gasteiger partial charge in [0, 0.05) is 18.2 Å². The lowest BCUT2D eigenvalue weighted by atomic mass is 10.1. The van der Waals surface area contributed by atoms with Crippen LogP contribution in [0.1, 0.15) is 10.5 Å². The summed E-state index contributed by atoms with van der Waals surface area (Å²) in [7, 11) is 1.59. The standard InChI is InChI=1S/C19H18N8O3/c1-30-14-4-2-3-13(9-14)15-10-16(24-23-15)19(29)21-7-8-26-18(28)6-5-17(25-26)27-12-20-11-22-27/h2-6,9-12H,7-8H2,1H3,(H,21,29)(H,23,24). The quantitative estimate of drug-likeness (QED) is 0.460. The molecule has 152 valence electrons. The molecule has 0 radical (unpaired) electrons. The molecule has 3 heterocycles. The van der Waals surface area contributed by atoms with E-state index in [1.807, 2.05) is 24.3 Å². The Kier molecular flexibility index (Phi) is 5.33. The minimum absolute atomic E-state index is 0.198. The number of ether oxygens (including phenoxy) is 1. The third-order valence-electron chi connectivity index (χ3n) is 4.30. The van der Waals surface area contributed by atoms with Crippen LogP contribution >= 0.6 is 0 Å². The molecule has 0 aliphatic carbocycles. The fourth-order valence-electron chi connectivity index (χ4n) is 2.79. The lowest BCUT2D eigenvalue weighted by Gasteiger charge is -2.07. The molecule has 11 heteroatoms. The first-order valence-electron chi connectivity index (χ1n) is 9.05. The van der Waals surface area contributed by atoms with Crippen molar-refractivity contribution in [2.75, 3.05) is 13.7 Å². The van der Waals surface area contributed by atoms with Crippen LogP contribution in [0.15, 0.2) is 59.9 Å². The molecule has 2 N–H and O–H groups in total. The molecule has 1 amide bonds. The van der Waals surface area contributed by atoms with Crippen molar-refractivity contribution in [3.8, 4) is 22.8 Å². The summed E-state index contributed by atoms with van der Waals surface area (Å²) in [4.78, 5) is 28.3. The van der Waals surface area contributed by atoms with E-state index < -0.39 is 0 Å². The largest absolute Gasteiger partial charge is 0.497 e. The van der Waals surface area contributed by atoms with E-state index in [9.17, 15) is 9.59 Å². The van der Waals surface area contributed by atoms with Crippen LogP contribution < -0.4 is 15.6 Å². The lowest BCUT2D eigenvalue weighted by Crippen LogP contribution is -2.32. The summed E-state index contributed by atoms with van der Waals surface area (Å²) >= 11 is 0. The fourth-order valence-corrected chi connectivity index (χ4v) is 2.79. The predicted molar refractivity (Wildman–Crippen MR) is 106 cm³/mol.